The average molecular weight is 486 g/mol. The second-order valence-corrected chi connectivity index (χ2v) is 6.43. The minimum Gasteiger partial charge on any atom is -0.366 e. The Balaban J connectivity index is 0.00000261. The second-order valence-electron chi connectivity index (χ2n) is 6.43. The van der Waals surface area contributed by atoms with Gasteiger partial charge in [0.2, 0.25) is 0 Å². The first-order chi connectivity index (χ1) is 12.7. The van der Waals surface area contributed by atoms with Crippen molar-refractivity contribution < 1.29 is 4.39 Å². The molecule has 3 rings (SSSR count). The molecule has 0 atom stereocenters. The SMILES string of the molecule is CCNC(=NCCc1cnn(C)c1)N1CCN(c2ccccc2F)CC1.I. The van der Waals surface area contributed by atoms with Gasteiger partial charge in [-0.2, -0.15) is 5.10 Å². The summed E-state index contributed by atoms with van der Waals surface area (Å²) >= 11 is 0. The largest absolute Gasteiger partial charge is 0.366 e. The molecule has 1 N–H and O–H groups in total. The van der Waals surface area contributed by atoms with Crippen LogP contribution in [0, 0.1) is 5.82 Å². The molecule has 1 aliphatic rings. The van der Waals surface area contributed by atoms with Gasteiger partial charge < -0.3 is 15.1 Å². The lowest BCUT2D eigenvalue weighted by molar-refractivity contribution is 0.371. The number of nitrogens with zero attached hydrogens (tertiary/aromatic N) is 5. The standard InChI is InChI=1S/C19H27FN6.HI/c1-3-21-19(22-9-8-16-14-23-24(2)15-16)26-12-10-25(11-13-26)18-7-5-4-6-17(18)20;/h4-7,14-15H,3,8-13H2,1-2H3,(H,21,22);1H. The van der Waals surface area contributed by atoms with Crippen LogP contribution < -0.4 is 10.2 Å². The number of nitrogens with one attached hydrogen (secondary N) is 1. The minimum atomic E-state index is -0.155. The van der Waals surface area contributed by atoms with Crippen LogP contribution in [0.15, 0.2) is 41.7 Å². The summed E-state index contributed by atoms with van der Waals surface area (Å²) in [4.78, 5) is 9.12. The van der Waals surface area contributed by atoms with Crippen LogP contribution in [0.3, 0.4) is 0 Å². The van der Waals surface area contributed by atoms with Crippen molar-refractivity contribution in [2.75, 3.05) is 44.2 Å². The highest BCUT2D eigenvalue weighted by molar-refractivity contribution is 14.0. The highest BCUT2D eigenvalue weighted by Crippen LogP contribution is 2.20. The summed E-state index contributed by atoms with van der Waals surface area (Å²) in [5, 5.41) is 7.56. The number of halogens is 2. The van der Waals surface area contributed by atoms with E-state index >= 15 is 0 Å². The third-order valence-corrected chi connectivity index (χ3v) is 4.53. The summed E-state index contributed by atoms with van der Waals surface area (Å²) in [5.41, 5.74) is 1.88. The molecule has 148 valence electrons. The first kappa shape index (κ1) is 21.5. The summed E-state index contributed by atoms with van der Waals surface area (Å²) in [5.74, 6) is 0.780. The summed E-state index contributed by atoms with van der Waals surface area (Å²) < 4.78 is 15.8. The third kappa shape index (κ3) is 5.82. The molecule has 0 aliphatic carbocycles. The van der Waals surface area contributed by atoms with E-state index in [1.807, 2.05) is 36.3 Å². The Labute approximate surface area is 177 Å². The normalized spacial score (nSPS) is 14.9. The Hall–Kier alpha value is -1.84. The number of aromatic nitrogens is 2. The van der Waals surface area contributed by atoms with E-state index in [4.69, 9.17) is 4.99 Å². The minimum absolute atomic E-state index is 0. The summed E-state index contributed by atoms with van der Waals surface area (Å²) in [6.45, 7) is 6.86. The van der Waals surface area contributed by atoms with E-state index in [2.05, 4.69) is 27.1 Å². The van der Waals surface area contributed by atoms with Crippen LogP contribution >= 0.6 is 24.0 Å². The van der Waals surface area contributed by atoms with Gasteiger partial charge in [-0.1, -0.05) is 12.1 Å². The molecule has 1 aromatic carbocycles. The summed E-state index contributed by atoms with van der Waals surface area (Å²) in [6, 6.07) is 6.98. The van der Waals surface area contributed by atoms with Gasteiger partial charge in [-0.15, -0.1) is 24.0 Å². The van der Waals surface area contributed by atoms with Gasteiger partial charge in [-0.25, -0.2) is 4.39 Å². The highest BCUT2D eigenvalue weighted by Gasteiger charge is 2.21. The van der Waals surface area contributed by atoms with Gasteiger partial charge in [-0.3, -0.25) is 9.67 Å². The van der Waals surface area contributed by atoms with Crippen LogP contribution in [-0.2, 0) is 13.5 Å². The lowest BCUT2D eigenvalue weighted by atomic mass is 10.2. The first-order valence-corrected chi connectivity index (χ1v) is 9.17. The van der Waals surface area contributed by atoms with Crippen molar-refractivity contribution >= 4 is 35.6 Å². The highest BCUT2D eigenvalue weighted by atomic mass is 127. The zero-order valence-corrected chi connectivity index (χ0v) is 18.3. The van der Waals surface area contributed by atoms with Gasteiger partial charge in [0, 0.05) is 52.5 Å². The van der Waals surface area contributed by atoms with Crippen molar-refractivity contribution in [2.45, 2.75) is 13.3 Å². The van der Waals surface area contributed by atoms with Gasteiger partial charge in [0.15, 0.2) is 5.96 Å². The second kappa shape index (κ2) is 10.5. The Kier molecular flexibility index (Phi) is 8.33. The van der Waals surface area contributed by atoms with E-state index in [0.29, 0.717) is 5.69 Å². The van der Waals surface area contributed by atoms with Crippen molar-refractivity contribution in [3.8, 4) is 0 Å². The van der Waals surface area contributed by atoms with Crippen molar-refractivity contribution in [1.82, 2.24) is 20.0 Å². The molecule has 1 fully saturated rings. The maximum atomic E-state index is 14.0. The molecule has 1 aromatic heterocycles. The number of aryl methyl sites for hydroxylation is 1. The van der Waals surface area contributed by atoms with Crippen molar-refractivity contribution in [3.05, 3.63) is 48.0 Å². The molecule has 27 heavy (non-hydrogen) atoms. The zero-order chi connectivity index (χ0) is 18.4. The van der Waals surface area contributed by atoms with Crippen LogP contribution in [0.5, 0.6) is 0 Å². The maximum absolute atomic E-state index is 14.0. The first-order valence-electron chi connectivity index (χ1n) is 9.17. The van der Waals surface area contributed by atoms with Crippen molar-refractivity contribution in [3.63, 3.8) is 0 Å². The number of rotatable bonds is 5. The van der Waals surface area contributed by atoms with Gasteiger partial charge in [0.05, 0.1) is 11.9 Å². The fourth-order valence-electron chi connectivity index (χ4n) is 3.19. The fourth-order valence-corrected chi connectivity index (χ4v) is 3.19. The number of hydrogen-bond acceptors (Lipinski definition) is 3. The molecule has 1 saturated heterocycles. The summed E-state index contributed by atoms with van der Waals surface area (Å²) in [7, 11) is 1.92. The number of anilines is 1. The van der Waals surface area contributed by atoms with E-state index in [-0.39, 0.29) is 29.8 Å². The molecule has 1 aliphatic heterocycles. The molecule has 2 heterocycles. The molecule has 0 saturated carbocycles. The molecule has 0 amide bonds. The number of aliphatic imine (C=N–C) groups is 1. The predicted octanol–water partition coefficient (Wildman–Crippen LogP) is 2.51. The molecule has 0 unspecified atom stereocenters. The molecule has 0 spiro atoms. The van der Waals surface area contributed by atoms with Crippen LogP contribution in [0.2, 0.25) is 0 Å². The van der Waals surface area contributed by atoms with Crippen LogP contribution in [0.1, 0.15) is 12.5 Å². The number of guanidine groups is 1. The molecule has 0 bridgehead atoms. The Bertz CT molecular complexity index is 739. The van der Waals surface area contributed by atoms with E-state index < -0.39 is 0 Å². The topological polar surface area (TPSA) is 48.7 Å². The van der Waals surface area contributed by atoms with E-state index in [9.17, 15) is 4.39 Å². The smallest absolute Gasteiger partial charge is 0.194 e. The third-order valence-electron chi connectivity index (χ3n) is 4.53. The fraction of sp³-hybridized carbons (Fsp3) is 0.474. The van der Waals surface area contributed by atoms with Gasteiger partial charge in [0.25, 0.3) is 0 Å². The van der Waals surface area contributed by atoms with E-state index in [0.717, 1.165) is 51.6 Å². The van der Waals surface area contributed by atoms with Gasteiger partial charge >= 0.3 is 0 Å². The lowest BCUT2D eigenvalue weighted by Crippen LogP contribution is -2.52. The number of benzene rings is 1. The van der Waals surface area contributed by atoms with Crippen molar-refractivity contribution in [1.29, 1.82) is 0 Å². The number of piperazine rings is 1. The molecule has 8 heteroatoms. The van der Waals surface area contributed by atoms with E-state index in [1.165, 1.54) is 11.6 Å². The zero-order valence-electron chi connectivity index (χ0n) is 15.9. The molecule has 2 aromatic rings. The average Bonchev–Trinajstić information content (AvgIpc) is 3.07. The van der Waals surface area contributed by atoms with Crippen LogP contribution in [-0.4, -0.2) is 59.9 Å². The maximum Gasteiger partial charge on any atom is 0.194 e. The van der Waals surface area contributed by atoms with Gasteiger partial charge in [0.1, 0.15) is 5.82 Å². The molecular formula is C19H28FIN6. The predicted molar refractivity (Wildman–Crippen MR) is 118 cm³/mol. The quantitative estimate of drug-likeness (QED) is 0.401. The summed E-state index contributed by atoms with van der Waals surface area (Å²) in [6.07, 6.45) is 4.78. The number of para-hydroxylation sites is 1. The Morgan fingerprint density at radius 2 is 1.96 bits per heavy atom. The van der Waals surface area contributed by atoms with Crippen molar-refractivity contribution in [2.24, 2.45) is 12.0 Å². The molecular weight excluding hydrogens is 458 g/mol. The Morgan fingerprint density at radius 1 is 1.22 bits per heavy atom. The molecule has 6 nitrogen and oxygen atoms in total. The lowest BCUT2D eigenvalue weighted by Gasteiger charge is -2.37. The Morgan fingerprint density at radius 3 is 2.59 bits per heavy atom. The monoisotopic (exact) mass is 486 g/mol. The van der Waals surface area contributed by atoms with Crippen LogP contribution in [0.4, 0.5) is 10.1 Å². The molecule has 0 radical (unpaired) electrons. The van der Waals surface area contributed by atoms with Gasteiger partial charge in [-0.05, 0) is 31.0 Å². The number of hydrogen-bond donors (Lipinski definition) is 1. The van der Waals surface area contributed by atoms with E-state index in [1.54, 1.807) is 6.07 Å². The van der Waals surface area contributed by atoms with Crippen LogP contribution in [0.25, 0.3) is 0 Å².